The number of hydrogen-bond donors (Lipinski definition) is 1. The molecule has 0 aliphatic heterocycles. The van der Waals surface area contributed by atoms with E-state index in [1.807, 2.05) is 36.4 Å². The lowest BCUT2D eigenvalue weighted by atomic mass is 9.99. The van der Waals surface area contributed by atoms with Gasteiger partial charge in [0.25, 0.3) is 0 Å². The first-order chi connectivity index (χ1) is 15.6. The second-order valence-corrected chi connectivity index (χ2v) is 8.13. The average molecular weight is 456 g/mol. The summed E-state index contributed by atoms with van der Waals surface area (Å²) in [5, 5.41) is 9.92. The van der Waals surface area contributed by atoms with Crippen LogP contribution >= 0.6 is 11.8 Å². The number of thioether (sulfide) groups is 1. The maximum Gasteiger partial charge on any atom is 0.339 e. The first kappa shape index (κ1) is 23.8. The number of likely N-dealkylation sites (N-methyl/N-ethyl adjacent to an activating group) is 1. The van der Waals surface area contributed by atoms with Crippen molar-refractivity contribution in [1.29, 1.82) is 0 Å². The standard InChI is InChI=1S/C25H29NO5S/c1-4-26(5-2)13-15-31-21-8-6-7-9-22(21)32-17-19-10-11-20(18-12-14-30-16-18)24(29-3)23(19)25(27)28/h6-12,14,16H,4-5,13,15,17H2,1-3H3,(H,27,28). The Labute approximate surface area is 193 Å². The van der Waals surface area contributed by atoms with Gasteiger partial charge < -0.3 is 23.9 Å². The van der Waals surface area contributed by atoms with Crippen LogP contribution in [-0.2, 0) is 5.75 Å². The van der Waals surface area contributed by atoms with Crippen LogP contribution in [0.1, 0.15) is 29.8 Å². The summed E-state index contributed by atoms with van der Waals surface area (Å²) in [6.45, 7) is 7.73. The van der Waals surface area contributed by atoms with Crippen LogP contribution in [-0.4, -0.2) is 49.3 Å². The molecule has 0 aliphatic rings. The lowest BCUT2D eigenvalue weighted by Crippen LogP contribution is -2.27. The van der Waals surface area contributed by atoms with Crippen LogP contribution in [0.25, 0.3) is 11.1 Å². The number of aromatic carboxylic acids is 1. The number of carbonyl (C=O) groups is 1. The number of carboxylic acid groups (broad SMARTS) is 1. The summed E-state index contributed by atoms with van der Waals surface area (Å²) in [6, 6.07) is 13.3. The van der Waals surface area contributed by atoms with Gasteiger partial charge in [-0.05, 0) is 36.9 Å². The van der Waals surface area contributed by atoms with Crippen LogP contribution in [0.4, 0.5) is 0 Å². The van der Waals surface area contributed by atoms with Gasteiger partial charge in [0.2, 0.25) is 0 Å². The van der Waals surface area contributed by atoms with Crippen LogP contribution in [0.15, 0.2) is 64.3 Å². The van der Waals surface area contributed by atoms with Crippen molar-refractivity contribution in [3.63, 3.8) is 0 Å². The number of nitrogens with zero attached hydrogens (tertiary/aromatic N) is 1. The third-order valence-corrected chi connectivity index (χ3v) is 6.39. The number of carboxylic acids is 1. The second kappa shape index (κ2) is 11.6. The van der Waals surface area contributed by atoms with E-state index in [0.717, 1.165) is 35.8 Å². The largest absolute Gasteiger partial charge is 0.495 e. The van der Waals surface area contributed by atoms with Crippen molar-refractivity contribution >= 4 is 17.7 Å². The lowest BCUT2D eigenvalue weighted by molar-refractivity contribution is 0.0692. The summed E-state index contributed by atoms with van der Waals surface area (Å²) >= 11 is 1.55. The molecule has 1 heterocycles. The third kappa shape index (κ3) is 5.66. The number of furan rings is 1. The Morgan fingerprint density at radius 1 is 1.12 bits per heavy atom. The second-order valence-electron chi connectivity index (χ2n) is 7.11. The van der Waals surface area contributed by atoms with E-state index in [-0.39, 0.29) is 5.56 Å². The minimum atomic E-state index is -1.02. The highest BCUT2D eigenvalue weighted by Gasteiger charge is 2.22. The first-order valence-electron chi connectivity index (χ1n) is 10.6. The van der Waals surface area contributed by atoms with Gasteiger partial charge in [-0.25, -0.2) is 4.79 Å². The van der Waals surface area contributed by atoms with E-state index in [1.54, 1.807) is 30.4 Å². The highest BCUT2D eigenvalue weighted by molar-refractivity contribution is 7.98. The zero-order chi connectivity index (χ0) is 22.9. The van der Waals surface area contributed by atoms with E-state index in [1.165, 1.54) is 7.11 Å². The molecular weight excluding hydrogens is 426 g/mol. The van der Waals surface area contributed by atoms with E-state index >= 15 is 0 Å². The van der Waals surface area contributed by atoms with Gasteiger partial charge in [-0.15, -0.1) is 11.8 Å². The third-order valence-electron chi connectivity index (χ3n) is 5.29. The van der Waals surface area contributed by atoms with Gasteiger partial charge in [0.15, 0.2) is 0 Å². The molecule has 32 heavy (non-hydrogen) atoms. The van der Waals surface area contributed by atoms with Gasteiger partial charge >= 0.3 is 5.97 Å². The minimum absolute atomic E-state index is 0.165. The molecule has 0 unspecified atom stereocenters. The molecule has 6 nitrogen and oxygen atoms in total. The predicted molar refractivity (Wildman–Crippen MR) is 127 cm³/mol. The Morgan fingerprint density at radius 2 is 1.91 bits per heavy atom. The zero-order valence-corrected chi connectivity index (χ0v) is 19.5. The molecule has 2 aromatic carbocycles. The van der Waals surface area contributed by atoms with Crippen LogP contribution in [0, 0.1) is 0 Å². The zero-order valence-electron chi connectivity index (χ0n) is 18.7. The fraction of sp³-hybridized carbons (Fsp3) is 0.320. The molecular formula is C25H29NO5S. The molecule has 0 spiro atoms. The lowest BCUT2D eigenvalue weighted by Gasteiger charge is -2.19. The average Bonchev–Trinajstić information content (AvgIpc) is 3.35. The van der Waals surface area contributed by atoms with Gasteiger partial charge in [-0.1, -0.05) is 38.1 Å². The van der Waals surface area contributed by atoms with Crippen molar-refractivity contribution in [2.24, 2.45) is 0 Å². The molecule has 0 aliphatic carbocycles. The molecule has 1 N–H and O–H groups in total. The molecule has 1 aromatic heterocycles. The van der Waals surface area contributed by atoms with Crippen LogP contribution in [0.3, 0.4) is 0 Å². The minimum Gasteiger partial charge on any atom is -0.495 e. The molecule has 0 fully saturated rings. The Bertz CT molecular complexity index is 1020. The van der Waals surface area contributed by atoms with Gasteiger partial charge in [0.05, 0.1) is 19.6 Å². The molecule has 0 saturated heterocycles. The molecule has 170 valence electrons. The summed E-state index contributed by atoms with van der Waals surface area (Å²) in [7, 11) is 1.49. The SMILES string of the molecule is CCN(CC)CCOc1ccccc1SCc1ccc(-c2ccoc2)c(OC)c1C(=O)O. The normalized spacial score (nSPS) is 11.0. The van der Waals surface area contributed by atoms with Gasteiger partial charge in [-0.2, -0.15) is 0 Å². The smallest absolute Gasteiger partial charge is 0.339 e. The van der Waals surface area contributed by atoms with Gasteiger partial charge in [0.1, 0.15) is 23.7 Å². The molecule has 0 radical (unpaired) electrons. The summed E-state index contributed by atoms with van der Waals surface area (Å²) in [6.07, 6.45) is 3.12. The monoisotopic (exact) mass is 455 g/mol. The number of para-hydroxylation sites is 1. The van der Waals surface area contributed by atoms with E-state index in [9.17, 15) is 9.90 Å². The molecule has 0 saturated carbocycles. The van der Waals surface area contributed by atoms with Crippen molar-refractivity contribution in [3.05, 3.63) is 66.1 Å². The van der Waals surface area contributed by atoms with Crippen LogP contribution in [0.5, 0.6) is 11.5 Å². The van der Waals surface area contributed by atoms with Crippen molar-refractivity contribution in [1.82, 2.24) is 4.90 Å². The van der Waals surface area contributed by atoms with Crippen molar-refractivity contribution in [2.45, 2.75) is 24.5 Å². The van der Waals surface area contributed by atoms with E-state index in [0.29, 0.717) is 29.2 Å². The maximum absolute atomic E-state index is 12.1. The highest BCUT2D eigenvalue weighted by Crippen LogP contribution is 2.38. The fourth-order valence-corrected chi connectivity index (χ4v) is 4.50. The Kier molecular flexibility index (Phi) is 8.64. The first-order valence-corrected chi connectivity index (χ1v) is 11.6. The number of hydrogen-bond acceptors (Lipinski definition) is 6. The maximum atomic E-state index is 12.1. The number of methoxy groups -OCH3 is 1. The summed E-state index contributed by atoms with van der Waals surface area (Å²) in [4.78, 5) is 15.4. The quantitative estimate of drug-likeness (QED) is 0.353. The topological polar surface area (TPSA) is 72.1 Å². The van der Waals surface area contributed by atoms with Gasteiger partial charge in [0, 0.05) is 28.3 Å². The van der Waals surface area contributed by atoms with Crippen molar-refractivity contribution in [2.75, 3.05) is 33.4 Å². The van der Waals surface area contributed by atoms with Crippen LogP contribution in [0.2, 0.25) is 0 Å². The summed E-state index contributed by atoms with van der Waals surface area (Å²) < 4.78 is 16.7. The van der Waals surface area contributed by atoms with Crippen molar-refractivity contribution < 1.29 is 23.8 Å². The van der Waals surface area contributed by atoms with E-state index in [2.05, 4.69) is 18.7 Å². The molecule has 7 heteroatoms. The molecule has 3 aromatic rings. The Balaban J connectivity index is 1.79. The predicted octanol–water partition coefficient (Wildman–Crippen LogP) is 5.67. The number of rotatable bonds is 12. The molecule has 0 bridgehead atoms. The highest BCUT2D eigenvalue weighted by atomic mass is 32.2. The fourth-order valence-electron chi connectivity index (χ4n) is 3.50. The van der Waals surface area contributed by atoms with Crippen LogP contribution < -0.4 is 9.47 Å². The summed E-state index contributed by atoms with van der Waals surface area (Å²) in [5.41, 5.74) is 2.31. The van der Waals surface area contributed by atoms with Gasteiger partial charge in [-0.3, -0.25) is 0 Å². The summed E-state index contributed by atoms with van der Waals surface area (Å²) in [5.74, 6) is 0.593. The van der Waals surface area contributed by atoms with E-state index < -0.39 is 5.97 Å². The number of benzene rings is 2. The Hall–Kier alpha value is -2.90. The molecule has 3 rings (SSSR count). The molecule has 0 amide bonds. The van der Waals surface area contributed by atoms with E-state index in [4.69, 9.17) is 13.9 Å². The molecule has 0 atom stereocenters. The number of ether oxygens (including phenoxy) is 2. The Morgan fingerprint density at radius 3 is 2.56 bits per heavy atom. The van der Waals surface area contributed by atoms with Crippen molar-refractivity contribution in [3.8, 4) is 22.6 Å².